The molecule has 2 saturated heterocycles. The maximum atomic E-state index is 14.4. The highest BCUT2D eigenvalue weighted by atomic mass is 32.1. The Morgan fingerprint density at radius 1 is 0.983 bits per heavy atom. The standard InChI is InChI=1S/C45H70N6O8S/c1-12-29(4)38(49(9)43(55)37(28(2)3)48-41(54)32-20-23-50(27-32)44(56)59-45(6,7)8)35(57-10)26-36(52)51-22-16-19-34(51)39(58-11)30(5)40(53)47-33(42-46-21-24-60-42)25-31-17-14-13-15-18-31/h13-15,17-18,21,24,28-30,32-35,37-39H,12,16,19-20,22-23,25-27H2,1-11H3,(H,47,53)(H,48,54)/t29-,30?,32?,33-,34-,35+,37-,38-,39+/m0/s1. The van der Waals surface area contributed by atoms with Crippen LogP contribution in [0, 0.1) is 23.7 Å². The Labute approximate surface area is 361 Å². The number of carbonyl (C=O) groups is 5. The quantitative estimate of drug-likeness (QED) is 0.177. The fourth-order valence-electron chi connectivity index (χ4n) is 8.54. The molecule has 2 aromatic rings. The number of methoxy groups -OCH3 is 2. The Balaban J connectivity index is 1.45. The van der Waals surface area contributed by atoms with Crippen molar-refractivity contribution in [2.24, 2.45) is 23.7 Å². The number of likely N-dealkylation sites (tertiary alicyclic amines) is 2. The minimum absolute atomic E-state index is 0.0150. The van der Waals surface area contributed by atoms with Crippen molar-refractivity contribution in [3.8, 4) is 0 Å². The van der Waals surface area contributed by atoms with Gasteiger partial charge < -0.3 is 39.5 Å². The predicted molar refractivity (Wildman–Crippen MR) is 232 cm³/mol. The number of hydrogen-bond acceptors (Lipinski definition) is 10. The van der Waals surface area contributed by atoms with Crippen LogP contribution in [0.1, 0.15) is 104 Å². The molecule has 14 nitrogen and oxygen atoms in total. The summed E-state index contributed by atoms with van der Waals surface area (Å²) in [5.74, 6) is -2.21. The number of amides is 5. The zero-order valence-corrected chi connectivity index (χ0v) is 38.5. The van der Waals surface area contributed by atoms with Crippen LogP contribution in [0.5, 0.6) is 0 Å². The summed E-state index contributed by atoms with van der Waals surface area (Å²) in [5, 5.41) is 8.95. The van der Waals surface area contributed by atoms with Gasteiger partial charge in [-0.2, -0.15) is 0 Å². The molecule has 15 heteroatoms. The van der Waals surface area contributed by atoms with Gasteiger partial charge in [-0.1, -0.05) is 71.4 Å². The first-order valence-corrected chi connectivity index (χ1v) is 22.4. The van der Waals surface area contributed by atoms with Crippen LogP contribution in [0.2, 0.25) is 0 Å². The lowest BCUT2D eigenvalue weighted by Crippen LogP contribution is -2.58. The van der Waals surface area contributed by atoms with Crippen LogP contribution >= 0.6 is 11.3 Å². The number of hydrogen-bond donors (Lipinski definition) is 2. The Morgan fingerprint density at radius 3 is 2.27 bits per heavy atom. The molecule has 0 aliphatic carbocycles. The molecule has 1 aromatic carbocycles. The Hall–Kier alpha value is -4.08. The molecular formula is C45H70N6O8S. The second-order valence-corrected chi connectivity index (χ2v) is 18.8. The first kappa shape index (κ1) is 48.6. The molecule has 2 N–H and O–H groups in total. The van der Waals surface area contributed by atoms with Gasteiger partial charge in [0.25, 0.3) is 0 Å². The van der Waals surface area contributed by atoms with E-state index in [4.69, 9.17) is 14.2 Å². The zero-order chi connectivity index (χ0) is 44.3. The number of thiazole rings is 1. The molecule has 2 aliphatic rings. The maximum absolute atomic E-state index is 14.4. The van der Waals surface area contributed by atoms with Crippen molar-refractivity contribution < 1.29 is 38.2 Å². The molecule has 334 valence electrons. The molecule has 1 aromatic heterocycles. The van der Waals surface area contributed by atoms with Gasteiger partial charge in [0, 0.05) is 52.5 Å². The molecule has 2 aliphatic heterocycles. The second-order valence-electron chi connectivity index (χ2n) is 17.9. The summed E-state index contributed by atoms with van der Waals surface area (Å²) in [6, 6.07) is 8.00. The van der Waals surface area contributed by atoms with Gasteiger partial charge in [-0.05, 0) is 63.9 Å². The van der Waals surface area contributed by atoms with Gasteiger partial charge in [-0.3, -0.25) is 19.2 Å². The Kier molecular flexibility index (Phi) is 17.9. The molecule has 0 spiro atoms. The molecule has 9 atom stereocenters. The number of nitrogens with one attached hydrogen (secondary N) is 2. The molecule has 4 rings (SSSR count). The van der Waals surface area contributed by atoms with Gasteiger partial charge in [0.15, 0.2) is 0 Å². The fraction of sp³-hybridized carbons (Fsp3) is 0.689. The van der Waals surface area contributed by atoms with Gasteiger partial charge in [-0.15, -0.1) is 11.3 Å². The average molecular weight is 855 g/mol. The summed E-state index contributed by atoms with van der Waals surface area (Å²) in [6.45, 7) is 16.2. The summed E-state index contributed by atoms with van der Waals surface area (Å²) in [7, 11) is 4.86. The average Bonchev–Trinajstić information content (AvgIpc) is 4.02. The summed E-state index contributed by atoms with van der Waals surface area (Å²) in [6.07, 6.45) is 3.29. The number of nitrogens with zero attached hydrogens (tertiary/aromatic N) is 4. The van der Waals surface area contributed by atoms with E-state index in [1.165, 1.54) is 16.2 Å². The van der Waals surface area contributed by atoms with E-state index in [9.17, 15) is 24.0 Å². The molecule has 5 amide bonds. The maximum Gasteiger partial charge on any atom is 0.410 e. The lowest BCUT2D eigenvalue weighted by atomic mass is 9.89. The van der Waals surface area contributed by atoms with Gasteiger partial charge in [-0.25, -0.2) is 9.78 Å². The molecular weight excluding hydrogens is 785 g/mol. The van der Waals surface area contributed by atoms with Crippen molar-refractivity contribution in [1.29, 1.82) is 0 Å². The summed E-state index contributed by atoms with van der Waals surface area (Å²) >= 11 is 1.50. The van der Waals surface area contributed by atoms with Gasteiger partial charge in [0.2, 0.25) is 23.6 Å². The smallest absolute Gasteiger partial charge is 0.410 e. The second kappa shape index (κ2) is 22.1. The zero-order valence-electron chi connectivity index (χ0n) is 37.6. The van der Waals surface area contributed by atoms with Crippen LogP contribution in [0.4, 0.5) is 4.79 Å². The third-order valence-electron chi connectivity index (χ3n) is 12.0. The van der Waals surface area contributed by atoms with E-state index in [0.717, 1.165) is 17.0 Å². The van der Waals surface area contributed by atoms with E-state index < -0.39 is 47.8 Å². The summed E-state index contributed by atoms with van der Waals surface area (Å²) in [5.41, 5.74) is 0.433. The third kappa shape index (κ3) is 12.7. The minimum Gasteiger partial charge on any atom is -0.444 e. The number of benzene rings is 1. The number of carbonyl (C=O) groups excluding carboxylic acids is 5. The topological polar surface area (TPSA) is 160 Å². The predicted octanol–water partition coefficient (Wildman–Crippen LogP) is 5.86. The van der Waals surface area contributed by atoms with E-state index in [1.54, 1.807) is 53.1 Å². The van der Waals surface area contributed by atoms with Crippen molar-refractivity contribution in [3.63, 3.8) is 0 Å². The molecule has 3 heterocycles. The fourth-order valence-corrected chi connectivity index (χ4v) is 9.23. The Bertz CT molecular complexity index is 1700. The minimum atomic E-state index is -0.834. The molecule has 0 saturated carbocycles. The SMILES string of the molecule is CC[C@H](C)[C@@H]([C@@H](CC(=O)N1CCC[C@H]1[C@H](OC)C(C)C(=O)N[C@@H](Cc1ccccc1)c1nccs1)OC)N(C)C(=O)[C@@H](NC(=O)C1CCN(C(=O)OC(C)(C)C)C1)C(C)C. The van der Waals surface area contributed by atoms with Crippen molar-refractivity contribution >= 4 is 41.1 Å². The van der Waals surface area contributed by atoms with Gasteiger partial charge in [0.1, 0.15) is 16.7 Å². The number of aromatic nitrogens is 1. The van der Waals surface area contributed by atoms with Gasteiger partial charge in [0.05, 0.1) is 48.6 Å². The molecule has 60 heavy (non-hydrogen) atoms. The van der Waals surface area contributed by atoms with Crippen LogP contribution in [-0.4, -0.2) is 126 Å². The first-order valence-electron chi connectivity index (χ1n) is 21.5. The summed E-state index contributed by atoms with van der Waals surface area (Å²) in [4.78, 5) is 78.4. The van der Waals surface area contributed by atoms with Gasteiger partial charge >= 0.3 is 6.09 Å². The van der Waals surface area contributed by atoms with E-state index >= 15 is 0 Å². The largest absolute Gasteiger partial charge is 0.444 e. The van der Waals surface area contributed by atoms with E-state index in [0.29, 0.717) is 38.8 Å². The molecule has 2 fully saturated rings. The van der Waals surface area contributed by atoms with Crippen LogP contribution < -0.4 is 10.6 Å². The van der Waals surface area contributed by atoms with Crippen molar-refractivity contribution in [1.82, 2.24) is 30.3 Å². The highest BCUT2D eigenvalue weighted by Crippen LogP contribution is 2.31. The highest BCUT2D eigenvalue weighted by Gasteiger charge is 2.44. The van der Waals surface area contributed by atoms with Crippen LogP contribution in [0.15, 0.2) is 41.9 Å². The monoisotopic (exact) mass is 854 g/mol. The normalized spacial score (nSPS) is 20.5. The van der Waals surface area contributed by atoms with E-state index in [1.807, 2.05) is 75.2 Å². The van der Waals surface area contributed by atoms with Crippen molar-refractivity contribution in [2.45, 2.75) is 136 Å². The number of ether oxygens (including phenoxy) is 3. The highest BCUT2D eigenvalue weighted by molar-refractivity contribution is 7.09. The lowest BCUT2D eigenvalue weighted by Gasteiger charge is -2.41. The van der Waals surface area contributed by atoms with Crippen LogP contribution in [-0.2, 0) is 39.8 Å². The van der Waals surface area contributed by atoms with Crippen LogP contribution in [0.3, 0.4) is 0 Å². The summed E-state index contributed by atoms with van der Waals surface area (Å²) < 4.78 is 17.6. The number of rotatable bonds is 19. The molecule has 2 unspecified atom stereocenters. The molecule has 0 radical (unpaired) electrons. The first-order chi connectivity index (χ1) is 28.4. The van der Waals surface area contributed by atoms with E-state index in [2.05, 4.69) is 15.6 Å². The van der Waals surface area contributed by atoms with Crippen LogP contribution in [0.25, 0.3) is 0 Å². The lowest BCUT2D eigenvalue weighted by molar-refractivity contribution is -0.148. The van der Waals surface area contributed by atoms with Crippen molar-refractivity contribution in [2.75, 3.05) is 40.9 Å². The van der Waals surface area contributed by atoms with Crippen molar-refractivity contribution in [3.05, 3.63) is 52.5 Å². The molecule has 0 bridgehead atoms. The number of likely N-dealkylation sites (N-methyl/N-ethyl adjacent to an activating group) is 1. The Morgan fingerprint density at radius 2 is 1.68 bits per heavy atom. The van der Waals surface area contributed by atoms with E-state index in [-0.39, 0.29) is 60.5 Å². The third-order valence-corrected chi connectivity index (χ3v) is 12.9.